The van der Waals surface area contributed by atoms with E-state index in [0.717, 1.165) is 51.0 Å². The van der Waals surface area contributed by atoms with Gasteiger partial charge in [-0.2, -0.15) is 0 Å². The SMILES string of the molecule is C=C1C[C@@H](Cc2ccc(-c3ccccc3)cc2)N(CN2CCCC2)C1=O.C=C1C[C@@H](Cc2ccc(-c3ccccc3)cc2)NC1=O. The number of benzene rings is 4. The van der Waals surface area contributed by atoms with Crippen molar-refractivity contribution in [2.24, 2.45) is 0 Å². The molecule has 2 amide bonds. The van der Waals surface area contributed by atoms with E-state index < -0.39 is 0 Å². The zero-order valence-corrected chi connectivity index (χ0v) is 26.5. The molecule has 46 heavy (non-hydrogen) atoms. The number of nitrogens with one attached hydrogen (secondary N) is 1. The fourth-order valence-electron chi connectivity index (χ4n) is 6.69. The Morgan fingerprint density at radius 1 is 0.609 bits per heavy atom. The highest BCUT2D eigenvalue weighted by atomic mass is 16.2. The van der Waals surface area contributed by atoms with Crippen LogP contribution in [0.1, 0.15) is 36.8 Å². The van der Waals surface area contributed by atoms with Gasteiger partial charge in [0.15, 0.2) is 0 Å². The lowest BCUT2D eigenvalue weighted by Gasteiger charge is -2.29. The van der Waals surface area contributed by atoms with E-state index in [-0.39, 0.29) is 23.9 Å². The first kappa shape index (κ1) is 31.3. The second-order valence-corrected chi connectivity index (χ2v) is 12.7. The molecule has 0 aliphatic carbocycles. The highest BCUT2D eigenvalue weighted by Crippen LogP contribution is 2.28. The third-order valence-corrected chi connectivity index (χ3v) is 9.26. The second-order valence-electron chi connectivity index (χ2n) is 12.7. The van der Waals surface area contributed by atoms with E-state index in [1.165, 1.54) is 46.2 Å². The van der Waals surface area contributed by atoms with Crippen LogP contribution in [0.15, 0.2) is 133 Å². The Hall–Kier alpha value is -4.74. The molecule has 0 saturated carbocycles. The number of amides is 2. The maximum atomic E-state index is 12.5. The van der Waals surface area contributed by atoms with Crippen molar-refractivity contribution in [3.05, 3.63) is 145 Å². The maximum absolute atomic E-state index is 12.5. The van der Waals surface area contributed by atoms with Crippen LogP contribution >= 0.6 is 0 Å². The number of carbonyl (C=O) groups excluding carboxylic acids is 2. The van der Waals surface area contributed by atoms with Gasteiger partial charge in [-0.15, -0.1) is 0 Å². The predicted octanol–water partition coefficient (Wildman–Crippen LogP) is 7.45. The summed E-state index contributed by atoms with van der Waals surface area (Å²) >= 11 is 0. The molecule has 4 aromatic rings. The second kappa shape index (κ2) is 14.6. The maximum Gasteiger partial charge on any atom is 0.250 e. The van der Waals surface area contributed by atoms with Crippen molar-refractivity contribution < 1.29 is 9.59 Å². The van der Waals surface area contributed by atoms with E-state index in [1.54, 1.807) is 0 Å². The fourth-order valence-corrected chi connectivity index (χ4v) is 6.69. The molecule has 3 heterocycles. The molecule has 3 aliphatic heterocycles. The summed E-state index contributed by atoms with van der Waals surface area (Å²) in [6, 6.07) is 38.5. The first-order valence-corrected chi connectivity index (χ1v) is 16.4. The topological polar surface area (TPSA) is 52.6 Å². The molecule has 3 fully saturated rings. The molecular weight excluding hydrogens is 566 g/mol. The number of carbonyl (C=O) groups is 2. The van der Waals surface area contributed by atoms with Gasteiger partial charge in [0, 0.05) is 23.2 Å². The lowest BCUT2D eigenvalue weighted by atomic mass is 9.99. The molecule has 1 N–H and O–H groups in total. The van der Waals surface area contributed by atoms with Crippen LogP contribution in [-0.2, 0) is 22.4 Å². The van der Waals surface area contributed by atoms with Gasteiger partial charge in [-0.1, -0.05) is 122 Å². The summed E-state index contributed by atoms with van der Waals surface area (Å²) in [5, 5.41) is 2.96. The van der Waals surface area contributed by atoms with Gasteiger partial charge in [-0.25, -0.2) is 0 Å². The van der Waals surface area contributed by atoms with Gasteiger partial charge in [0.25, 0.3) is 5.91 Å². The van der Waals surface area contributed by atoms with Crippen molar-refractivity contribution in [2.45, 2.75) is 50.6 Å². The summed E-state index contributed by atoms with van der Waals surface area (Å²) in [5.41, 5.74) is 8.88. The van der Waals surface area contributed by atoms with Gasteiger partial charge in [0.1, 0.15) is 0 Å². The number of hydrogen-bond donors (Lipinski definition) is 1. The third-order valence-electron chi connectivity index (χ3n) is 9.26. The van der Waals surface area contributed by atoms with E-state index in [2.05, 4.69) is 108 Å². The molecule has 3 aliphatic rings. The van der Waals surface area contributed by atoms with Crippen LogP contribution in [0.5, 0.6) is 0 Å². The average Bonchev–Trinajstić information content (AvgIpc) is 3.79. The lowest BCUT2D eigenvalue weighted by molar-refractivity contribution is -0.128. The number of likely N-dealkylation sites (tertiary alicyclic amines) is 2. The predicted molar refractivity (Wildman–Crippen MR) is 187 cm³/mol. The Bertz CT molecular complexity index is 1640. The molecule has 4 aromatic carbocycles. The van der Waals surface area contributed by atoms with Crippen LogP contribution < -0.4 is 5.32 Å². The van der Waals surface area contributed by atoms with Gasteiger partial charge in [-0.3, -0.25) is 14.5 Å². The van der Waals surface area contributed by atoms with E-state index in [1.807, 2.05) is 29.2 Å². The molecule has 7 rings (SSSR count). The molecule has 234 valence electrons. The summed E-state index contributed by atoms with van der Waals surface area (Å²) in [7, 11) is 0. The number of rotatable bonds is 8. The van der Waals surface area contributed by atoms with E-state index >= 15 is 0 Å². The molecule has 0 aromatic heterocycles. The molecule has 3 saturated heterocycles. The fraction of sp³-hybridized carbons (Fsp3) is 0.268. The average molecular weight is 610 g/mol. The zero-order chi connectivity index (χ0) is 31.9. The zero-order valence-electron chi connectivity index (χ0n) is 26.5. The largest absolute Gasteiger partial charge is 0.349 e. The summed E-state index contributed by atoms with van der Waals surface area (Å²) in [4.78, 5) is 28.4. The van der Waals surface area contributed by atoms with Gasteiger partial charge >= 0.3 is 0 Å². The molecule has 0 radical (unpaired) electrons. The highest BCUT2D eigenvalue weighted by molar-refractivity contribution is 5.96. The highest BCUT2D eigenvalue weighted by Gasteiger charge is 2.35. The van der Waals surface area contributed by atoms with Crippen molar-refractivity contribution in [1.82, 2.24) is 15.1 Å². The molecule has 5 heteroatoms. The first-order chi connectivity index (χ1) is 22.4. The van der Waals surface area contributed by atoms with E-state index in [9.17, 15) is 9.59 Å². The monoisotopic (exact) mass is 609 g/mol. The molecule has 5 nitrogen and oxygen atoms in total. The molecule has 0 spiro atoms. The minimum absolute atomic E-state index is 0.00379. The van der Waals surface area contributed by atoms with E-state index in [0.29, 0.717) is 5.57 Å². The van der Waals surface area contributed by atoms with E-state index in [4.69, 9.17) is 0 Å². The number of nitrogens with zero attached hydrogens (tertiary/aromatic N) is 2. The smallest absolute Gasteiger partial charge is 0.250 e. The van der Waals surface area contributed by atoms with Crippen LogP contribution in [-0.4, -0.2) is 53.5 Å². The molecule has 0 bridgehead atoms. The normalized spacial score (nSPS) is 19.7. The Balaban J connectivity index is 0.000000167. The van der Waals surface area contributed by atoms with Gasteiger partial charge in [0.05, 0.1) is 6.67 Å². The van der Waals surface area contributed by atoms with Crippen LogP contribution in [0.3, 0.4) is 0 Å². The minimum atomic E-state index is -0.00379. The van der Waals surface area contributed by atoms with Crippen molar-refractivity contribution in [1.29, 1.82) is 0 Å². The third kappa shape index (κ3) is 7.72. The van der Waals surface area contributed by atoms with Crippen molar-refractivity contribution in [2.75, 3.05) is 19.8 Å². The minimum Gasteiger partial charge on any atom is -0.349 e. The van der Waals surface area contributed by atoms with Gasteiger partial charge in [0.2, 0.25) is 5.91 Å². The molecule has 0 unspecified atom stereocenters. The van der Waals surface area contributed by atoms with Crippen LogP contribution in [0, 0.1) is 0 Å². The molecule has 2 atom stereocenters. The Morgan fingerprint density at radius 2 is 1.11 bits per heavy atom. The summed E-state index contributed by atoms with van der Waals surface area (Å²) in [6.07, 6.45) is 5.78. The quantitative estimate of drug-likeness (QED) is 0.211. The van der Waals surface area contributed by atoms with Crippen LogP contribution in [0.2, 0.25) is 0 Å². The van der Waals surface area contributed by atoms with Crippen LogP contribution in [0.4, 0.5) is 0 Å². The summed E-state index contributed by atoms with van der Waals surface area (Å²) < 4.78 is 0. The Labute approximate surface area is 273 Å². The van der Waals surface area contributed by atoms with Gasteiger partial charge < -0.3 is 10.2 Å². The van der Waals surface area contributed by atoms with Crippen molar-refractivity contribution in [3.63, 3.8) is 0 Å². The Kier molecular flexibility index (Phi) is 9.90. The summed E-state index contributed by atoms with van der Waals surface area (Å²) in [6.45, 7) is 10.7. The van der Waals surface area contributed by atoms with Crippen molar-refractivity contribution in [3.8, 4) is 22.3 Å². The number of hydrogen-bond acceptors (Lipinski definition) is 3. The Morgan fingerprint density at radius 3 is 1.61 bits per heavy atom. The first-order valence-electron chi connectivity index (χ1n) is 16.4. The standard InChI is InChI=1S/C23H26N2O.C18H17NO/c1-18-15-22(25(23(18)26)17-24-13-5-6-14-24)16-19-9-11-21(12-10-19)20-7-3-2-4-8-20;1-13-11-17(19-18(13)20)12-14-7-9-16(10-8-14)15-5-3-2-4-6-15/h2-4,7-12,22H,1,5-6,13-17H2;2-10,17H,1,11-12H2,(H,19,20)/t22-;17-/m00/s1. The van der Waals surface area contributed by atoms with Crippen LogP contribution in [0.25, 0.3) is 22.3 Å². The lowest BCUT2D eigenvalue weighted by Crippen LogP contribution is -2.42. The summed E-state index contributed by atoms with van der Waals surface area (Å²) in [5.74, 6) is 0.138. The van der Waals surface area contributed by atoms with Gasteiger partial charge in [-0.05, 0) is 85.0 Å². The van der Waals surface area contributed by atoms with Crippen molar-refractivity contribution >= 4 is 11.8 Å². The molecular formula is C41H43N3O2.